The fraction of sp³-hybridized carbons (Fsp3) is 1.00. The molecular weight excluding hydrogens is 144 g/mol. The molecule has 0 N–H and O–H groups in total. The second-order valence-electron chi connectivity index (χ2n) is 1.84. The van der Waals surface area contributed by atoms with Crippen molar-refractivity contribution in [3.8, 4) is 0 Å². The van der Waals surface area contributed by atoms with Crippen molar-refractivity contribution in [2.24, 2.45) is 0 Å². The summed E-state index contributed by atoms with van der Waals surface area (Å²) in [6.45, 7) is 2.79. The van der Waals surface area contributed by atoms with Crippen molar-refractivity contribution < 1.29 is 4.74 Å². The SMILES string of the molecule is CCOC([Si])CCC[Si]. The van der Waals surface area contributed by atoms with Crippen LogP contribution in [0.4, 0.5) is 0 Å². The van der Waals surface area contributed by atoms with Crippen molar-refractivity contribution in [3.05, 3.63) is 0 Å². The molecular formula is C6H12OSi2. The number of rotatable bonds is 5. The molecule has 0 amide bonds. The van der Waals surface area contributed by atoms with Gasteiger partial charge in [0, 0.05) is 22.6 Å². The van der Waals surface area contributed by atoms with Gasteiger partial charge < -0.3 is 4.74 Å². The molecule has 0 aliphatic heterocycles. The average molecular weight is 156 g/mol. The lowest BCUT2D eigenvalue weighted by Gasteiger charge is -2.09. The predicted molar refractivity (Wildman–Crippen MR) is 41.0 cm³/mol. The highest BCUT2D eigenvalue weighted by molar-refractivity contribution is 6.11. The highest BCUT2D eigenvalue weighted by atomic mass is 28.1. The van der Waals surface area contributed by atoms with Gasteiger partial charge in [-0.2, -0.15) is 0 Å². The first kappa shape index (κ1) is 9.39. The minimum absolute atomic E-state index is 0.242. The van der Waals surface area contributed by atoms with Crippen LogP contribution >= 0.6 is 0 Å². The quantitative estimate of drug-likeness (QED) is 0.537. The molecule has 0 aromatic carbocycles. The fourth-order valence-electron chi connectivity index (χ4n) is 0.572. The number of hydrogen-bond acceptors (Lipinski definition) is 1. The van der Waals surface area contributed by atoms with Gasteiger partial charge in [0.15, 0.2) is 0 Å². The first-order chi connectivity index (χ1) is 4.31. The van der Waals surface area contributed by atoms with Crippen LogP contribution in [0.3, 0.4) is 0 Å². The normalized spacial score (nSPS) is 13.7. The van der Waals surface area contributed by atoms with Crippen molar-refractivity contribution in [1.82, 2.24) is 0 Å². The summed E-state index contributed by atoms with van der Waals surface area (Å²) in [6.07, 6.45) is 2.24. The third kappa shape index (κ3) is 6.28. The van der Waals surface area contributed by atoms with Crippen molar-refractivity contribution in [1.29, 1.82) is 0 Å². The van der Waals surface area contributed by atoms with Gasteiger partial charge in [0.05, 0.1) is 10.2 Å². The zero-order valence-corrected chi connectivity index (χ0v) is 7.81. The highest BCUT2D eigenvalue weighted by Gasteiger charge is 1.97. The van der Waals surface area contributed by atoms with Crippen molar-refractivity contribution in [2.75, 3.05) is 6.61 Å². The van der Waals surface area contributed by atoms with E-state index in [0.29, 0.717) is 0 Å². The molecule has 3 heteroatoms. The van der Waals surface area contributed by atoms with Crippen LogP contribution in [0, 0.1) is 0 Å². The predicted octanol–water partition coefficient (Wildman–Crippen LogP) is 0.884. The Morgan fingerprint density at radius 2 is 2.22 bits per heavy atom. The maximum Gasteiger partial charge on any atom is 0.0657 e. The minimum Gasteiger partial charge on any atom is -0.383 e. The van der Waals surface area contributed by atoms with Gasteiger partial charge in [-0.1, -0.05) is 12.5 Å². The monoisotopic (exact) mass is 156 g/mol. The van der Waals surface area contributed by atoms with Gasteiger partial charge in [0.1, 0.15) is 0 Å². The molecule has 50 valence electrons. The van der Waals surface area contributed by atoms with Crippen LogP contribution < -0.4 is 0 Å². The Morgan fingerprint density at radius 1 is 1.56 bits per heavy atom. The molecule has 1 unspecified atom stereocenters. The lowest BCUT2D eigenvalue weighted by Crippen LogP contribution is -2.11. The van der Waals surface area contributed by atoms with E-state index in [1.807, 2.05) is 6.92 Å². The van der Waals surface area contributed by atoms with Gasteiger partial charge in [-0.05, 0) is 13.3 Å². The van der Waals surface area contributed by atoms with Crippen LogP contribution in [0.1, 0.15) is 19.8 Å². The Kier molecular flexibility index (Phi) is 6.80. The molecule has 0 fully saturated rings. The molecule has 9 heavy (non-hydrogen) atoms. The van der Waals surface area contributed by atoms with Crippen LogP contribution in [0.25, 0.3) is 0 Å². The van der Waals surface area contributed by atoms with E-state index >= 15 is 0 Å². The first-order valence-corrected chi connectivity index (χ1v) is 4.57. The second kappa shape index (κ2) is 6.51. The summed E-state index contributed by atoms with van der Waals surface area (Å²) in [7, 11) is 6.84. The summed E-state index contributed by atoms with van der Waals surface area (Å²) < 4.78 is 5.24. The molecule has 0 saturated heterocycles. The summed E-state index contributed by atoms with van der Waals surface area (Å²) in [5.41, 5.74) is 0.242. The van der Waals surface area contributed by atoms with E-state index in [4.69, 9.17) is 4.74 Å². The molecule has 0 rings (SSSR count). The molecule has 0 aliphatic rings. The average Bonchev–Trinajstić information content (AvgIpc) is 1.85. The van der Waals surface area contributed by atoms with Gasteiger partial charge in [0.2, 0.25) is 0 Å². The molecule has 6 radical (unpaired) electrons. The zero-order chi connectivity index (χ0) is 7.11. The summed E-state index contributed by atoms with van der Waals surface area (Å²) in [6, 6.07) is 1.05. The third-order valence-electron chi connectivity index (χ3n) is 1.01. The molecule has 0 aliphatic carbocycles. The molecule has 0 spiro atoms. The van der Waals surface area contributed by atoms with E-state index in [9.17, 15) is 0 Å². The Bertz CT molecular complexity index is 59.0. The van der Waals surface area contributed by atoms with Crippen LogP contribution in [0.15, 0.2) is 0 Å². The van der Waals surface area contributed by atoms with Crippen LogP contribution in [-0.2, 0) is 4.74 Å². The van der Waals surface area contributed by atoms with Crippen LogP contribution in [0.2, 0.25) is 6.04 Å². The van der Waals surface area contributed by atoms with Gasteiger partial charge in [-0.15, -0.1) is 0 Å². The molecule has 1 atom stereocenters. The van der Waals surface area contributed by atoms with E-state index in [1.54, 1.807) is 0 Å². The van der Waals surface area contributed by atoms with E-state index in [-0.39, 0.29) is 5.73 Å². The molecule has 1 nitrogen and oxygen atoms in total. The fourth-order valence-corrected chi connectivity index (χ4v) is 1.15. The molecule has 0 aromatic rings. The highest BCUT2D eigenvalue weighted by Crippen LogP contribution is 1.99. The maximum absolute atomic E-state index is 5.24. The lowest BCUT2D eigenvalue weighted by molar-refractivity contribution is 0.113. The molecule has 0 saturated carbocycles. The van der Waals surface area contributed by atoms with E-state index in [1.165, 1.54) is 0 Å². The third-order valence-corrected chi connectivity index (χ3v) is 1.82. The van der Waals surface area contributed by atoms with Crippen molar-refractivity contribution in [2.45, 2.75) is 31.5 Å². The van der Waals surface area contributed by atoms with Gasteiger partial charge >= 0.3 is 0 Å². The maximum atomic E-state index is 5.24. The first-order valence-electron chi connectivity index (χ1n) is 3.28. The Balaban J connectivity index is 2.95. The van der Waals surface area contributed by atoms with Gasteiger partial charge in [-0.3, -0.25) is 0 Å². The zero-order valence-electron chi connectivity index (χ0n) is 5.81. The van der Waals surface area contributed by atoms with E-state index < -0.39 is 0 Å². The molecule has 0 bridgehead atoms. The van der Waals surface area contributed by atoms with E-state index in [2.05, 4.69) is 20.5 Å². The topological polar surface area (TPSA) is 9.23 Å². The molecule has 0 heterocycles. The summed E-state index contributed by atoms with van der Waals surface area (Å²) in [5, 5.41) is 0. The van der Waals surface area contributed by atoms with Gasteiger partial charge in [-0.25, -0.2) is 0 Å². The largest absolute Gasteiger partial charge is 0.383 e. The van der Waals surface area contributed by atoms with Crippen molar-refractivity contribution in [3.63, 3.8) is 0 Å². The minimum atomic E-state index is 0.242. The lowest BCUT2D eigenvalue weighted by atomic mass is 10.3. The number of hydrogen-bond donors (Lipinski definition) is 0. The van der Waals surface area contributed by atoms with Crippen molar-refractivity contribution >= 4 is 20.5 Å². The standard InChI is InChI=1S/C6H12OSi2/c1-2-7-6(9)4-3-5-8/h6H,2-5H2,1H3. The Labute approximate surface area is 64.0 Å². The Morgan fingerprint density at radius 3 is 2.67 bits per heavy atom. The second-order valence-corrected chi connectivity index (χ2v) is 2.98. The molecule has 0 aromatic heterocycles. The summed E-state index contributed by atoms with van der Waals surface area (Å²) in [5.74, 6) is 0. The van der Waals surface area contributed by atoms with E-state index in [0.717, 1.165) is 25.5 Å². The number of ether oxygens (including phenoxy) is 1. The van der Waals surface area contributed by atoms with Crippen LogP contribution in [-0.4, -0.2) is 32.8 Å². The summed E-state index contributed by atoms with van der Waals surface area (Å²) in [4.78, 5) is 0. The van der Waals surface area contributed by atoms with Crippen LogP contribution in [0.5, 0.6) is 0 Å². The Hall–Kier alpha value is 0.394. The summed E-state index contributed by atoms with van der Waals surface area (Å²) >= 11 is 0. The van der Waals surface area contributed by atoms with Gasteiger partial charge in [0.25, 0.3) is 0 Å². The smallest absolute Gasteiger partial charge is 0.0657 e.